The van der Waals surface area contributed by atoms with Crippen molar-refractivity contribution in [3.8, 4) is 0 Å². The van der Waals surface area contributed by atoms with E-state index in [4.69, 9.17) is 0 Å². The normalized spacial score (nSPS) is 15.8. The van der Waals surface area contributed by atoms with E-state index >= 15 is 0 Å². The summed E-state index contributed by atoms with van der Waals surface area (Å²) < 4.78 is 0. The van der Waals surface area contributed by atoms with Gasteiger partial charge in [-0.15, -0.1) is 12.4 Å². The molecule has 1 saturated heterocycles. The standard InChI is InChI=1S/C17H25N3O2.ClH/c1-11(12-9-18-10-12)15(21)19-14-8-6-5-7-13(14)16(22)20-17(2,3)4;/h5-8,11-12,18H,9-10H2,1-4H3,(H,19,21)(H,20,22);1H. The fraction of sp³-hybridized carbons (Fsp3) is 0.529. The summed E-state index contributed by atoms with van der Waals surface area (Å²) in [6.45, 7) is 9.47. The summed E-state index contributed by atoms with van der Waals surface area (Å²) in [5, 5.41) is 8.99. The molecule has 1 aromatic carbocycles. The Kier molecular flexibility index (Phi) is 6.59. The van der Waals surface area contributed by atoms with Crippen LogP contribution in [0.15, 0.2) is 24.3 Å². The van der Waals surface area contributed by atoms with Gasteiger partial charge in [0.15, 0.2) is 0 Å². The maximum absolute atomic E-state index is 12.4. The van der Waals surface area contributed by atoms with Crippen molar-refractivity contribution in [2.45, 2.75) is 33.2 Å². The zero-order valence-electron chi connectivity index (χ0n) is 14.1. The van der Waals surface area contributed by atoms with Crippen molar-refractivity contribution in [1.82, 2.24) is 10.6 Å². The molecule has 0 saturated carbocycles. The van der Waals surface area contributed by atoms with E-state index in [0.717, 1.165) is 13.1 Å². The van der Waals surface area contributed by atoms with E-state index in [9.17, 15) is 9.59 Å². The van der Waals surface area contributed by atoms with Crippen LogP contribution < -0.4 is 16.0 Å². The van der Waals surface area contributed by atoms with Gasteiger partial charge in [-0.2, -0.15) is 0 Å². The SMILES string of the molecule is CC(C(=O)Nc1ccccc1C(=O)NC(C)(C)C)C1CNC1.Cl. The molecule has 1 aliphatic heterocycles. The molecule has 5 nitrogen and oxygen atoms in total. The Labute approximate surface area is 144 Å². The number of nitrogens with one attached hydrogen (secondary N) is 3. The van der Waals surface area contributed by atoms with Crippen LogP contribution in [0.2, 0.25) is 0 Å². The van der Waals surface area contributed by atoms with Crippen LogP contribution >= 0.6 is 12.4 Å². The van der Waals surface area contributed by atoms with Gasteiger partial charge in [-0.05, 0) is 51.9 Å². The highest BCUT2D eigenvalue weighted by Crippen LogP contribution is 2.21. The van der Waals surface area contributed by atoms with Crippen molar-refractivity contribution < 1.29 is 9.59 Å². The van der Waals surface area contributed by atoms with Gasteiger partial charge in [0.2, 0.25) is 5.91 Å². The van der Waals surface area contributed by atoms with E-state index in [1.54, 1.807) is 18.2 Å². The Balaban J connectivity index is 0.00000264. The fourth-order valence-electron chi connectivity index (χ4n) is 2.32. The minimum atomic E-state index is -0.320. The lowest BCUT2D eigenvalue weighted by Gasteiger charge is -2.31. The highest BCUT2D eigenvalue weighted by Gasteiger charge is 2.29. The smallest absolute Gasteiger partial charge is 0.253 e. The summed E-state index contributed by atoms with van der Waals surface area (Å²) in [5.74, 6) is 0.0828. The van der Waals surface area contributed by atoms with Gasteiger partial charge in [-0.3, -0.25) is 9.59 Å². The van der Waals surface area contributed by atoms with Crippen molar-refractivity contribution in [1.29, 1.82) is 0 Å². The summed E-state index contributed by atoms with van der Waals surface area (Å²) in [5.41, 5.74) is 0.733. The van der Waals surface area contributed by atoms with Crippen molar-refractivity contribution in [2.24, 2.45) is 11.8 Å². The van der Waals surface area contributed by atoms with Crippen molar-refractivity contribution >= 4 is 29.9 Å². The number of hydrogen-bond donors (Lipinski definition) is 3. The van der Waals surface area contributed by atoms with Crippen molar-refractivity contribution in [3.63, 3.8) is 0 Å². The summed E-state index contributed by atoms with van der Waals surface area (Å²) in [4.78, 5) is 24.7. The van der Waals surface area contributed by atoms with Gasteiger partial charge in [0.1, 0.15) is 0 Å². The first-order valence-corrected chi connectivity index (χ1v) is 7.71. The van der Waals surface area contributed by atoms with E-state index in [2.05, 4.69) is 16.0 Å². The second-order valence-corrected chi connectivity index (χ2v) is 6.95. The van der Waals surface area contributed by atoms with Crippen LogP contribution in [0.1, 0.15) is 38.1 Å². The van der Waals surface area contributed by atoms with Crippen LogP contribution in [0, 0.1) is 11.8 Å². The lowest BCUT2D eigenvalue weighted by atomic mass is 9.88. The Morgan fingerprint density at radius 2 is 1.83 bits per heavy atom. The second-order valence-electron chi connectivity index (χ2n) is 6.95. The largest absolute Gasteiger partial charge is 0.347 e. The van der Waals surface area contributed by atoms with Crippen LogP contribution in [0.5, 0.6) is 0 Å². The Bertz CT molecular complexity index is 565. The van der Waals surface area contributed by atoms with E-state index in [-0.39, 0.29) is 35.7 Å². The molecular formula is C17H26ClN3O2. The van der Waals surface area contributed by atoms with Gasteiger partial charge in [-0.25, -0.2) is 0 Å². The summed E-state index contributed by atoms with van der Waals surface area (Å²) in [6.07, 6.45) is 0. The lowest BCUT2D eigenvalue weighted by molar-refractivity contribution is -0.121. The molecule has 0 spiro atoms. The maximum Gasteiger partial charge on any atom is 0.253 e. The first kappa shape index (κ1) is 19.5. The molecule has 2 amide bonds. The number of amides is 2. The Morgan fingerprint density at radius 3 is 2.35 bits per heavy atom. The average molecular weight is 340 g/mol. The molecule has 0 bridgehead atoms. The molecule has 1 aliphatic rings. The van der Waals surface area contributed by atoms with Crippen LogP contribution in [-0.2, 0) is 4.79 Å². The number of carbonyl (C=O) groups excluding carboxylic acids is 2. The molecule has 1 aromatic rings. The molecule has 6 heteroatoms. The van der Waals surface area contributed by atoms with E-state index < -0.39 is 0 Å². The molecule has 128 valence electrons. The molecule has 1 unspecified atom stereocenters. The number of para-hydroxylation sites is 1. The van der Waals surface area contributed by atoms with Gasteiger partial charge in [0.25, 0.3) is 5.91 Å². The molecule has 2 rings (SSSR count). The number of anilines is 1. The first-order chi connectivity index (χ1) is 10.3. The number of halogens is 1. The van der Waals surface area contributed by atoms with Crippen molar-refractivity contribution in [3.05, 3.63) is 29.8 Å². The average Bonchev–Trinajstić information content (AvgIpc) is 2.35. The predicted molar refractivity (Wildman–Crippen MR) is 95.1 cm³/mol. The van der Waals surface area contributed by atoms with Gasteiger partial charge < -0.3 is 16.0 Å². The van der Waals surface area contributed by atoms with E-state index in [1.807, 2.05) is 33.8 Å². The number of carbonyl (C=O) groups is 2. The third-order valence-electron chi connectivity index (χ3n) is 3.85. The third-order valence-corrected chi connectivity index (χ3v) is 3.85. The zero-order chi connectivity index (χ0) is 16.3. The van der Waals surface area contributed by atoms with Crippen LogP contribution in [0.3, 0.4) is 0 Å². The van der Waals surface area contributed by atoms with Crippen LogP contribution in [0.25, 0.3) is 0 Å². The van der Waals surface area contributed by atoms with Crippen molar-refractivity contribution in [2.75, 3.05) is 18.4 Å². The molecule has 1 atom stereocenters. The minimum Gasteiger partial charge on any atom is -0.347 e. The van der Waals surface area contributed by atoms with Crippen LogP contribution in [-0.4, -0.2) is 30.4 Å². The first-order valence-electron chi connectivity index (χ1n) is 7.71. The fourth-order valence-corrected chi connectivity index (χ4v) is 2.32. The van der Waals surface area contributed by atoms with Gasteiger partial charge in [0.05, 0.1) is 11.3 Å². The molecule has 23 heavy (non-hydrogen) atoms. The summed E-state index contributed by atoms with van der Waals surface area (Å²) >= 11 is 0. The molecule has 0 aliphatic carbocycles. The quantitative estimate of drug-likeness (QED) is 0.789. The zero-order valence-corrected chi connectivity index (χ0v) is 14.9. The lowest BCUT2D eigenvalue weighted by Crippen LogP contribution is -2.48. The van der Waals surface area contributed by atoms with Gasteiger partial charge >= 0.3 is 0 Å². The number of rotatable bonds is 4. The highest BCUT2D eigenvalue weighted by atomic mass is 35.5. The topological polar surface area (TPSA) is 70.2 Å². The minimum absolute atomic E-state index is 0. The highest BCUT2D eigenvalue weighted by molar-refractivity contribution is 6.04. The molecule has 0 aromatic heterocycles. The van der Waals surface area contributed by atoms with Gasteiger partial charge in [-0.1, -0.05) is 19.1 Å². The van der Waals surface area contributed by atoms with E-state index in [1.165, 1.54) is 0 Å². The molecule has 0 radical (unpaired) electrons. The molecular weight excluding hydrogens is 314 g/mol. The van der Waals surface area contributed by atoms with Gasteiger partial charge in [0, 0.05) is 11.5 Å². The Hall–Kier alpha value is -1.59. The monoisotopic (exact) mass is 339 g/mol. The molecule has 1 heterocycles. The van der Waals surface area contributed by atoms with Crippen LogP contribution in [0.4, 0.5) is 5.69 Å². The molecule has 3 N–H and O–H groups in total. The summed E-state index contributed by atoms with van der Waals surface area (Å²) in [6, 6.07) is 7.11. The van der Waals surface area contributed by atoms with E-state index in [0.29, 0.717) is 17.2 Å². The second kappa shape index (κ2) is 7.79. The number of benzene rings is 1. The maximum atomic E-state index is 12.4. The number of hydrogen-bond acceptors (Lipinski definition) is 3. The third kappa shape index (κ3) is 5.22. The Morgan fingerprint density at radius 1 is 1.22 bits per heavy atom. The summed E-state index contributed by atoms with van der Waals surface area (Å²) in [7, 11) is 0. The predicted octanol–water partition coefficient (Wildman–Crippen LogP) is 2.43. The molecule has 1 fully saturated rings.